The van der Waals surface area contributed by atoms with Crippen LogP contribution in [0.25, 0.3) is 11.3 Å². The Morgan fingerprint density at radius 1 is 1.00 bits per heavy atom. The number of fused-ring (bicyclic) bond motifs is 1. The first-order chi connectivity index (χ1) is 15.7. The zero-order chi connectivity index (χ0) is 21.8. The van der Waals surface area contributed by atoms with Crippen LogP contribution in [0.1, 0.15) is 17.1 Å². The Hall–Kier alpha value is -3.65. The highest BCUT2D eigenvalue weighted by atomic mass is 32.1. The molecule has 32 heavy (non-hydrogen) atoms. The molecule has 0 atom stereocenters. The maximum atomic E-state index is 12.4. The molecule has 0 saturated carbocycles. The maximum absolute atomic E-state index is 12.4. The molecule has 5 rings (SSSR count). The molecule has 1 aliphatic heterocycles. The molecular formula is C24H21N3O4S. The summed E-state index contributed by atoms with van der Waals surface area (Å²) in [6.07, 6.45) is 0.846. The number of para-hydroxylation sites is 1. The zero-order valence-electron chi connectivity index (χ0n) is 17.3. The molecule has 0 N–H and O–H groups in total. The van der Waals surface area contributed by atoms with Crippen LogP contribution in [0.15, 0.2) is 70.8 Å². The summed E-state index contributed by atoms with van der Waals surface area (Å²) >= 11 is 1.50. The number of thiazole rings is 1. The lowest BCUT2D eigenvalue weighted by Crippen LogP contribution is -2.23. The molecule has 162 valence electrons. The monoisotopic (exact) mass is 447 g/mol. The van der Waals surface area contributed by atoms with Gasteiger partial charge < -0.3 is 14.2 Å². The van der Waals surface area contributed by atoms with Crippen LogP contribution in [0.3, 0.4) is 0 Å². The third kappa shape index (κ3) is 4.65. The van der Waals surface area contributed by atoms with Crippen molar-refractivity contribution in [2.75, 3.05) is 13.2 Å². The first-order valence-corrected chi connectivity index (χ1v) is 11.2. The van der Waals surface area contributed by atoms with E-state index in [-0.39, 0.29) is 5.56 Å². The number of hydrogen-bond donors (Lipinski definition) is 0. The van der Waals surface area contributed by atoms with Gasteiger partial charge in [0.05, 0.1) is 31.1 Å². The minimum atomic E-state index is -0.182. The lowest BCUT2D eigenvalue weighted by atomic mass is 10.1. The van der Waals surface area contributed by atoms with Gasteiger partial charge in [-0.1, -0.05) is 18.2 Å². The van der Waals surface area contributed by atoms with Crippen molar-refractivity contribution in [3.63, 3.8) is 0 Å². The van der Waals surface area contributed by atoms with Gasteiger partial charge >= 0.3 is 0 Å². The van der Waals surface area contributed by atoms with E-state index in [9.17, 15) is 4.79 Å². The normalized spacial score (nSPS) is 12.9. The average Bonchev–Trinajstić information content (AvgIpc) is 3.14. The second kappa shape index (κ2) is 9.23. The molecule has 0 fully saturated rings. The van der Waals surface area contributed by atoms with Crippen molar-refractivity contribution in [3.05, 3.63) is 87.1 Å². The van der Waals surface area contributed by atoms with Crippen LogP contribution in [0.4, 0.5) is 0 Å². The van der Waals surface area contributed by atoms with Crippen LogP contribution < -0.4 is 19.8 Å². The van der Waals surface area contributed by atoms with Gasteiger partial charge in [-0.25, -0.2) is 9.67 Å². The second-order valence-corrected chi connectivity index (χ2v) is 8.20. The van der Waals surface area contributed by atoms with Gasteiger partial charge in [0.2, 0.25) is 0 Å². The lowest BCUT2D eigenvalue weighted by Gasteiger charge is -2.10. The van der Waals surface area contributed by atoms with Gasteiger partial charge in [-0.15, -0.1) is 11.3 Å². The Balaban J connectivity index is 1.32. The second-order valence-electron chi connectivity index (χ2n) is 7.26. The standard InChI is InChI=1S/C24H21N3O4S/c28-24-10-8-20(17-7-9-21-22(13-17)30-12-4-11-29-21)26-27(24)14-18-16-32-23(25-18)15-31-19-5-2-1-3-6-19/h1-3,5-10,13,16H,4,11-12,14-15H2. The van der Waals surface area contributed by atoms with Crippen molar-refractivity contribution in [1.29, 1.82) is 0 Å². The molecule has 4 aromatic rings. The molecule has 3 heterocycles. The van der Waals surface area contributed by atoms with Crippen molar-refractivity contribution in [2.24, 2.45) is 0 Å². The van der Waals surface area contributed by atoms with E-state index in [0.717, 1.165) is 34.2 Å². The van der Waals surface area contributed by atoms with Gasteiger partial charge in [0.1, 0.15) is 17.4 Å². The van der Waals surface area contributed by atoms with Crippen LogP contribution in [0.5, 0.6) is 17.2 Å². The van der Waals surface area contributed by atoms with Crippen LogP contribution >= 0.6 is 11.3 Å². The smallest absolute Gasteiger partial charge is 0.267 e. The SMILES string of the molecule is O=c1ccc(-c2ccc3c(c2)OCCCO3)nn1Cc1csc(COc2ccccc2)n1. The van der Waals surface area contributed by atoms with E-state index in [1.165, 1.54) is 22.1 Å². The summed E-state index contributed by atoms with van der Waals surface area (Å²) in [5.41, 5.74) is 2.13. The van der Waals surface area contributed by atoms with Crippen molar-refractivity contribution < 1.29 is 14.2 Å². The number of nitrogens with zero attached hydrogens (tertiary/aromatic N) is 3. The summed E-state index contributed by atoms with van der Waals surface area (Å²) in [6.45, 7) is 1.93. The largest absolute Gasteiger partial charge is 0.490 e. The molecule has 0 aliphatic carbocycles. The summed E-state index contributed by atoms with van der Waals surface area (Å²) in [6, 6.07) is 18.6. The topological polar surface area (TPSA) is 75.5 Å². The van der Waals surface area contributed by atoms with E-state index in [0.29, 0.717) is 37.8 Å². The van der Waals surface area contributed by atoms with Gasteiger partial charge in [0, 0.05) is 23.4 Å². The van der Waals surface area contributed by atoms with Crippen LogP contribution in [0, 0.1) is 0 Å². The summed E-state index contributed by atoms with van der Waals surface area (Å²) in [5, 5.41) is 7.33. The van der Waals surface area contributed by atoms with Gasteiger partial charge in [-0.2, -0.15) is 5.10 Å². The van der Waals surface area contributed by atoms with E-state index in [4.69, 9.17) is 14.2 Å². The molecule has 8 heteroatoms. The molecule has 2 aromatic heterocycles. The minimum Gasteiger partial charge on any atom is -0.490 e. The number of rotatable bonds is 6. The Morgan fingerprint density at radius 2 is 1.84 bits per heavy atom. The van der Waals surface area contributed by atoms with Crippen molar-refractivity contribution in [3.8, 4) is 28.5 Å². The van der Waals surface area contributed by atoms with Crippen LogP contribution in [-0.2, 0) is 13.2 Å². The molecular weight excluding hydrogens is 426 g/mol. The fourth-order valence-corrected chi connectivity index (χ4v) is 4.04. The number of aromatic nitrogens is 3. The van der Waals surface area contributed by atoms with E-state index in [2.05, 4.69) is 10.1 Å². The van der Waals surface area contributed by atoms with Crippen LogP contribution in [-0.4, -0.2) is 28.0 Å². The third-order valence-corrected chi connectivity index (χ3v) is 5.80. The molecule has 1 aliphatic rings. The van der Waals surface area contributed by atoms with E-state index >= 15 is 0 Å². The molecule has 0 spiro atoms. The Bertz CT molecular complexity index is 1270. The fourth-order valence-electron chi connectivity index (χ4n) is 3.34. The highest BCUT2D eigenvalue weighted by Gasteiger charge is 2.13. The quantitative estimate of drug-likeness (QED) is 0.442. The van der Waals surface area contributed by atoms with Crippen LogP contribution in [0.2, 0.25) is 0 Å². The summed E-state index contributed by atoms with van der Waals surface area (Å²) in [7, 11) is 0. The van der Waals surface area contributed by atoms with Crippen molar-refractivity contribution in [2.45, 2.75) is 19.6 Å². The Labute approximate surface area is 188 Å². The summed E-state index contributed by atoms with van der Waals surface area (Å²) in [5.74, 6) is 2.22. The Morgan fingerprint density at radius 3 is 2.72 bits per heavy atom. The van der Waals surface area contributed by atoms with Gasteiger partial charge in [-0.05, 0) is 36.4 Å². The zero-order valence-corrected chi connectivity index (χ0v) is 18.1. The number of hydrogen-bond acceptors (Lipinski definition) is 7. The third-order valence-electron chi connectivity index (χ3n) is 4.93. The molecule has 0 bridgehead atoms. The van der Waals surface area contributed by atoms with E-state index in [1.807, 2.05) is 53.9 Å². The van der Waals surface area contributed by atoms with Crippen molar-refractivity contribution in [1.82, 2.24) is 14.8 Å². The first-order valence-electron chi connectivity index (χ1n) is 10.3. The molecule has 0 radical (unpaired) electrons. The Kier molecular flexibility index (Phi) is 5.85. The molecule has 0 saturated heterocycles. The van der Waals surface area contributed by atoms with Gasteiger partial charge in [0.15, 0.2) is 11.5 Å². The maximum Gasteiger partial charge on any atom is 0.267 e. The fraction of sp³-hybridized carbons (Fsp3) is 0.208. The van der Waals surface area contributed by atoms with Crippen molar-refractivity contribution >= 4 is 11.3 Å². The number of benzene rings is 2. The minimum absolute atomic E-state index is 0.182. The average molecular weight is 448 g/mol. The highest BCUT2D eigenvalue weighted by molar-refractivity contribution is 7.09. The summed E-state index contributed by atoms with van der Waals surface area (Å²) in [4.78, 5) is 17.0. The molecule has 0 amide bonds. The molecule has 7 nitrogen and oxygen atoms in total. The van der Waals surface area contributed by atoms with Gasteiger partial charge in [0.25, 0.3) is 5.56 Å². The predicted molar refractivity (Wildman–Crippen MR) is 122 cm³/mol. The van der Waals surface area contributed by atoms with Gasteiger partial charge in [-0.3, -0.25) is 4.79 Å². The first kappa shape index (κ1) is 20.3. The van der Waals surface area contributed by atoms with E-state index < -0.39 is 0 Å². The van der Waals surface area contributed by atoms with E-state index in [1.54, 1.807) is 6.07 Å². The summed E-state index contributed by atoms with van der Waals surface area (Å²) < 4.78 is 18.6. The predicted octanol–water partition coefficient (Wildman–Crippen LogP) is 4.16. The molecule has 0 unspecified atom stereocenters. The lowest BCUT2D eigenvalue weighted by molar-refractivity contribution is 0.297. The highest BCUT2D eigenvalue weighted by Crippen LogP contribution is 2.33. The molecule has 2 aromatic carbocycles. The number of ether oxygens (including phenoxy) is 3.